The maximum atomic E-state index is 11.7. The Hall–Kier alpha value is 0.0357. The minimum atomic E-state index is -4.64. The SMILES string of the molecule is Cn1c(=O)c2c(ncn2C)n(C)c1=O.O=C(O)[C@H](O)[C@@H](O)[C@H](O)[C@H](O)CO.O=C(O)[C@H](O)[C@@H](O)[C@H](O)[C@H](O)CO.O=C(O)c1ccccc1O.O=P(O)(O)O.OCC(O)CO.[Ca+2].[Ca+2].[Cl-].[Cl-].[Mg+2].[Na+]. The first-order valence-electron chi connectivity index (χ1n) is 16.3. The molecular weight excluding hydrogens is 1060 g/mol. The third-order valence-electron chi connectivity index (χ3n) is 6.89. The van der Waals surface area contributed by atoms with Crippen molar-refractivity contribution in [2.24, 2.45) is 21.1 Å². The number of aliphatic hydroxyl groups is 13. The Morgan fingerprint density at radius 1 is 0.657 bits per heavy atom. The van der Waals surface area contributed by atoms with Gasteiger partial charge in [0.25, 0.3) is 5.56 Å². The summed E-state index contributed by atoms with van der Waals surface area (Å²) in [4.78, 5) is 79.2. The number of carboxylic acid groups (broad SMARTS) is 3. The number of phosphoric acid groups is 1. The number of aryl methyl sites for hydroxylation is 2. The smallest absolute Gasteiger partial charge is 1.00 e. The molecule has 0 unspecified atom stereocenters. The van der Waals surface area contributed by atoms with Crippen LogP contribution in [-0.4, -0.2) is 318 Å². The van der Waals surface area contributed by atoms with Crippen LogP contribution in [0.4, 0.5) is 0 Å². The summed E-state index contributed by atoms with van der Waals surface area (Å²) in [7, 11) is 0.134. The number of carbonyl (C=O) groups is 3. The number of aromatic hydroxyl groups is 1. The molecule has 0 saturated heterocycles. The minimum Gasteiger partial charge on any atom is -1.00 e. The second-order valence-electron chi connectivity index (χ2n) is 11.6. The van der Waals surface area contributed by atoms with Crippen LogP contribution in [0.25, 0.3) is 11.2 Å². The first-order valence-corrected chi connectivity index (χ1v) is 17.8. The zero-order chi connectivity index (χ0) is 48.7. The number of aromatic carboxylic acids is 1. The molecule has 0 aliphatic heterocycles. The quantitative estimate of drug-likeness (QED) is 0.0558. The Kier molecular flexibility index (Phi) is 57.9. The third kappa shape index (κ3) is 34.9. The number of aliphatic carboxylic acids is 2. The number of benzene rings is 1. The predicted molar refractivity (Wildman–Crippen MR) is 215 cm³/mol. The molecule has 37 heteroatoms. The summed E-state index contributed by atoms with van der Waals surface area (Å²) in [6.45, 7) is -2.41. The summed E-state index contributed by atoms with van der Waals surface area (Å²) in [5.41, 5.74) is 0.113. The number of nitrogens with zero attached hydrogens (tertiary/aromatic N) is 4. The maximum Gasteiger partial charge on any atom is 2.00 e. The van der Waals surface area contributed by atoms with Crippen LogP contribution in [0.2, 0.25) is 0 Å². The number of imidazole rings is 1. The largest absolute Gasteiger partial charge is 2.00 e. The zero-order valence-electron chi connectivity index (χ0n) is 35.9. The van der Waals surface area contributed by atoms with E-state index in [1.165, 1.54) is 30.1 Å². The van der Waals surface area contributed by atoms with Crippen molar-refractivity contribution in [1.82, 2.24) is 18.7 Å². The molecule has 3 rings (SSSR count). The summed E-state index contributed by atoms with van der Waals surface area (Å²) in [5.74, 6) is -4.76. The van der Waals surface area contributed by atoms with Gasteiger partial charge in [-0.3, -0.25) is 13.9 Å². The van der Waals surface area contributed by atoms with Gasteiger partial charge in [0.15, 0.2) is 23.4 Å². The minimum absolute atomic E-state index is 0. The number of hydrogen-bond acceptors (Lipinski definition) is 21. The average molecular weight is 1110 g/mol. The number of halogens is 2. The molecule has 368 valence electrons. The van der Waals surface area contributed by atoms with Gasteiger partial charge in [0.2, 0.25) is 0 Å². The third-order valence-corrected chi connectivity index (χ3v) is 6.89. The fourth-order valence-electron chi connectivity index (χ4n) is 3.52. The van der Waals surface area contributed by atoms with Crippen LogP contribution in [0.5, 0.6) is 5.75 Å². The van der Waals surface area contributed by atoms with Gasteiger partial charge in [0.1, 0.15) is 54.0 Å². The van der Waals surface area contributed by atoms with Gasteiger partial charge in [-0.2, -0.15) is 0 Å². The first kappa shape index (κ1) is 86.8. The Balaban J connectivity index is -0.0000000869. The van der Waals surface area contributed by atoms with Crippen molar-refractivity contribution in [3.8, 4) is 5.75 Å². The fraction of sp³-hybridized carbons (Fsp3) is 0.533. The van der Waals surface area contributed by atoms with Gasteiger partial charge in [-0.15, -0.1) is 0 Å². The van der Waals surface area contributed by atoms with Crippen molar-refractivity contribution in [2.45, 2.75) is 54.9 Å². The van der Waals surface area contributed by atoms with Crippen LogP contribution in [0.15, 0.2) is 40.2 Å². The van der Waals surface area contributed by atoms with Crippen molar-refractivity contribution in [3.63, 3.8) is 0 Å². The van der Waals surface area contributed by atoms with Crippen molar-refractivity contribution in [2.75, 3.05) is 26.4 Å². The molecule has 2 heterocycles. The van der Waals surface area contributed by atoms with Crippen LogP contribution < -0.4 is 65.6 Å². The number of aliphatic hydroxyl groups excluding tert-OH is 13. The van der Waals surface area contributed by atoms with Gasteiger partial charge < -0.3 is 131 Å². The van der Waals surface area contributed by atoms with E-state index in [9.17, 15) is 24.0 Å². The van der Waals surface area contributed by atoms with E-state index in [0.717, 1.165) is 4.57 Å². The molecule has 67 heavy (non-hydrogen) atoms. The van der Waals surface area contributed by atoms with E-state index in [1.54, 1.807) is 30.8 Å². The molecule has 2 aromatic heterocycles. The number of rotatable bonds is 13. The summed E-state index contributed by atoms with van der Waals surface area (Å²) in [6, 6.07) is 5.81. The number of aromatic nitrogens is 4. The number of carboxylic acids is 3. The molecule has 0 bridgehead atoms. The zero-order valence-corrected chi connectivity index (χ0v) is 46.2. The van der Waals surface area contributed by atoms with Gasteiger partial charge in [-0.1, -0.05) is 12.1 Å². The van der Waals surface area contributed by atoms with Gasteiger partial charge in [-0.25, -0.2) is 28.7 Å². The van der Waals surface area contributed by atoms with E-state index in [0.29, 0.717) is 11.2 Å². The first-order chi connectivity index (χ1) is 27.9. The molecule has 0 spiro atoms. The van der Waals surface area contributed by atoms with Crippen molar-refractivity contribution >= 4 is 135 Å². The standard InChI is InChI=1S/C8H10N4O2.C7H6O3.2C6H12O7.C3H8O3.2Ca.2ClH.Mg.Na.H3O4P/c1-10-4-9-6-5(10)7(13)12(3)8(14)11(6)2;8-6-4-2-1-3-5(6)7(9)10;2*7-1-2(8)3(9)4(10)5(11)6(12)13;4-1-3(6)2-5;;;;;;;1-5(2,3)4/h4H,1-3H3;1-4,8H,(H,9,10);2*2-5,7-11H,1H2,(H,12,13);3-6H,1-2H2;;;2*1H;;;(H3,1,2,3,4)/q;;;;;2*+2;;;+2;+1;/p-2/t;;2*2-,3-,4+,5-;;;;;;;;/m..11......../s1. The molecular formula is C30H51Ca2Cl2MgN4NaO26P+5. The number of para-hydroxylation sites is 1. The predicted octanol–water partition coefficient (Wildman–Crippen LogP) is -19.7. The fourth-order valence-corrected chi connectivity index (χ4v) is 3.52. The molecule has 1 aromatic carbocycles. The summed E-state index contributed by atoms with van der Waals surface area (Å²) in [6.07, 6.45) is -15.1. The van der Waals surface area contributed by atoms with Crippen molar-refractivity contribution < 1.29 is 175 Å². The Morgan fingerprint density at radius 3 is 1.25 bits per heavy atom. The molecule has 0 fully saturated rings. The van der Waals surface area contributed by atoms with E-state index in [1.807, 2.05) is 0 Å². The van der Waals surface area contributed by atoms with Gasteiger partial charge in [-0.05, 0) is 12.1 Å². The van der Waals surface area contributed by atoms with Gasteiger partial charge in [0, 0.05) is 21.1 Å². The summed E-state index contributed by atoms with van der Waals surface area (Å²) < 4.78 is 12.9. The van der Waals surface area contributed by atoms with E-state index in [4.69, 9.17) is 106 Å². The van der Waals surface area contributed by atoms with Crippen molar-refractivity contribution in [1.29, 1.82) is 0 Å². The van der Waals surface area contributed by atoms with Crippen LogP contribution in [0.3, 0.4) is 0 Å². The number of fused-ring (bicyclic) bond motifs is 1. The van der Waals surface area contributed by atoms with Gasteiger partial charge in [0.05, 0.1) is 32.8 Å². The molecule has 20 N–H and O–H groups in total. The molecule has 0 amide bonds. The number of phenols is 1. The molecule has 3 aromatic rings. The topological polar surface area (TPSA) is 535 Å². The second kappa shape index (κ2) is 44.7. The van der Waals surface area contributed by atoms with Crippen molar-refractivity contribution in [3.05, 3.63) is 57.0 Å². The Labute approximate surface area is 488 Å². The van der Waals surface area contributed by atoms with E-state index in [2.05, 4.69) is 4.98 Å². The Bertz CT molecular complexity index is 1920. The monoisotopic (exact) mass is 1110 g/mol. The van der Waals surface area contributed by atoms with E-state index >= 15 is 0 Å². The molecule has 8 atom stereocenters. The van der Waals surface area contributed by atoms with Crippen LogP contribution in [0, 0.1) is 0 Å². The molecule has 30 nitrogen and oxygen atoms in total. The summed E-state index contributed by atoms with van der Waals surface area (Å²) >= 11 is 0. The average Bonchev–Trinajstić information content (AvgIpc) is 3.60. The van der Waals surface area contributed by atoms with Crippen LogP contribution in [-0.2, 0) is 35.3 Å². The molecule has 0 aliphatic rings. The number of hydrogen-bond donors (Lipinski definition) is 20. The van der Waals surface area contributed by atoms with Gasteiger partial charge >= 0.3 is 160 Å². The normalized spacial score (nSPS) is 13.4. The van der Waals surface area contributed by atoms with E-state index in [-0.39, 0.29) is 189 Å². The molecule has 0 saturated carbocycles. The molecule has 0 aliphatic carbocycles. The van der Waals surface area contributed by atoms with Crippen LogP contribution in [0.1, 0.15) is 10.4 Å². The maximum absolute atomic E-state index is 11.7. The van der Waals surface area contributed by atoms with E-state index < -0.39 is 93.9 Å². The van der Waals surface area contributed by atoms with Crippen LogP contribution >= 0.6 is 7.82 Å². The second-order valence-corrected chi connectivity index (χ2v) is 12.6. The summed E-state index contributed by atoms with van der Waals surface area (Å²) in [5, 5.41) is 145. The Morgan fingerprint density at radius 2 is 1.00 bits per heavy atom. The molecule has 0 radical (unpaired) electrons.